The second-order valence-corrected chi connectivity index (χ2v) is 8.53. The molecule has 5 nitrogen and oxygen atoms in total. The van der Waals surface area contributed by atoms with Crippen LogP contribution >= 0.6 is 0 Å². The molecule has 0 N–H and O–H groups in total. The predicted molar refractivity (Wildman–Crippen MR) is 115 cm³/mol. The number of piperidine rings is 1. The van der Waals surface area contributed by atoms with Crippen molar-refractivity contribution in [3.05, 3.63) is 35.0 Å². The Morgan fingerprint density at radius 1 is 1.11 bits per heavy atom. The Labute approximate surface area is 168 Å². The predicted octanol–water partition coefficient (Wildman–Crippen LogP) is 3.33. The molecule has 1 aromatic heterocycles. The van der Waals surface area contributed by atoms with E-state index in [2.05, 4.69) is 58.8 Å². The highest BCUT2D eigenvalue weighted by Gasteiger charge is 2.26. The van der Waals surface area contributed by atoms with E-state index >= 15 is 0 Å². The molecule has 28 heavy (non-hydrogen) atoms. The van der Waals surface area contributed by atoms with Gasteiger partial charge < -0.3 is 9.80 Å². The van der Waals surface area contributed by atoms with Crippen LogP contribution in [0.5, 0.6) is 0 Å². The minimum absolute atomic E-state index is 0.693. The molecule has 0 amide bonds. The molecule has 2 aliphatic rings. The summed E-state index contributed by atoms with van der Waals surface area (Å²) in [5, 5.41) is 10.8. The van der Waals surface area contributed by atoms with Gasteiger partial charge in [0.1, 0.15) is 6.07 Å². The molecular weight excluding hydrogens is 346 g/mol. The second-order valence-electron chi connectivity index (χ2n) is 8.53. The first kappa shape index (κ1) is 19.2. The summed E-state index contributed by atoms with van der Waals surface area (Å²) < 4.78 is 0. The SMILES string of the molecule is Cc1cc(C)c2ncc(C#N)c(N3CCN(CC4CCCCN4C)CC3)c2c1. The fraction of sp³-hybridized carbons (Fsp3) is 0.565. The van der Waals surface area contributed by atoms with E-state index in [1.807, 2.05) is 0 Å². The van der Waals surface area contributed by atoms with E-state index in [-0.39, 0.29) is 0 Å². The molecule has 1 unspecified atom stereocenters. The Kier molecular flexibility index (Phi) is 5.52. The first-order chi connectivity index (χ1) is 13.6. The lowest BCUT2D eigenvalue weighted by molar-refractivity contribution is 0.125. The fourth-order valence-electron chi connectivity index (χ4n) is 4.90. The van der Waals surface area contributed by atoms with E-state index in [4.69, 9.17) is 0 Å². The molecule has 2 saturated heterocycles. The van der Waals surface area contributed by atoms with Gasteiger partial charge in [0.25, 0.3) is 0 Å². The standard InChI is InChI=1S/C23H31N5/c1-17-12-18(2)22-21(13-17)23(19(14-24)15-25-22)28-10-8-27(9-11-28)16-20-6-4-5-7-26(20)3/h12-13,15,20H,4-11,16H2,1-3H3. The number of nitrogens with zero attached hydrogens (tertiary/aromatic N) is 5. The topological polar surface area (TPSA) is 46.4 Å². The zero-order valence-corrected chi connectivity index (χ0v) is 17.4. The number of aromatic nitrogens is 1. The number of rotatable bonds is 3. The number of benzene rings is 1. The Morgan fingerprint density at radius 2 is 1.89 bits per heavy atom. The number of hydrogen-bond acceptors (Lipinski definition) is 5. The van der Waals surface area contributed by atoms with Crippen LogP contribution in [-0.2, 0) is 0 Å². The van der Waals surface area contributed by atoms with Crippen molar-refractivity contribution in [2.24, 2.45) is 0 Å². The number of likely N-dealkylation sites (N-methyl/N-ethyl adjacent to an activating group) is 1. The highest BCUT2D eigenvalue weighted by Crippen LogP contribution is 2.32. The van der Waals surface area contributed by atoms with Crippen LogP contribution in [0.4, 0.5) is 5.69 Å². The van der Waals surface area contributed by atoms with Crippen LogP contribution in [-0.4, -0.2) is 67.1 Å². The van der Waals surface area contributed by atoms with Gasteiger partial charge >= 0.3 is 0 Å². The molecule has 5 heteroatoms. The van der Waals surface area contributed by atoms with Gasteiger partial charge in [0.05, 0.1) is 16.8 Å². The van der Waals surface area contributed by atoms with E-state index in [9.17, 15) is 5.26 Å². The van der Waals surface area contributed by atoms with E-state index in [0.29, 0.717) is 11.6 Å². The van der Waals surface area contributed by atoms with Gasteiger partial charge in [-0.05, 0) is 51.9 Å². The molecule has 3 heterocycles. The van der Waals surface area contributed by atoms with E-state index < -0.39 is 0 Å². The second kappa shape index (κ2) is 8.06. The van der Waals surface area contributed by atoms with Crippen LogP contribution in [0.15, 0.2) is 18.3 Å². The van der Waals surface area contributed by atoms with Crippen molar-refractivity contribution < 1.29 is 0 Å². The molecule has 2 fully saturated rings. The van der Waals surface area contributed by atoms with E-state index in [1.54, 1.807) is 6.20 Å². The summed E-state index contributed by atoms with van der Waals surface area (Å²) in [4.78, 5) is 12.1. The normalized spacial score (nSPS) is 21.8. The summed E-state index contributed by atoms with van der Waals surface area (Å²) in [7, 11) is 2.27. The van der Waals surface area contributed by atoms with Crippen LogP contribution in [0.3, 0.4) is 0 Å². The summed E-state index contributed by atoms with van der Waals surface area (Å²) in [6, 6.07) is 7.44. The average molecular weight is 378 g/mol. The lowest BCUT2D eigenvalue weighted by Crippen LogP contribution is -2.52. The molecule has 0 saturated carbocycles. The van der Waals surface area contributed by atoms with Crippen molar-refractivity contribution in [1.29, 1.82) is 5.26 Å². The van der Waals surface area contributed by atoms with Crippen LogP contribution < -0.4 is 4.90 Å². The van der Waals surface area contributed by atoms with Crippen LogP contribution in [0, 0.1) is 25.2 Å². The molecule has 1 aromatic carbocycles. The van der Waals surface area contributed by atoms with Gasteiger partial charge in [0, 0.05) is 50.3 Å². The number of nitriles is 1. The number of fused-ring (bicyclic) bond motifs is 1. The fourth-order valence-corrected chi connectivity index (χ4v) is 4.90. The maximum Gasteiger partial charge on any atom is 0.103 e. The van der Waals surface area contributed by atoms with E-state index in [1.165, 1.54) is 43.5 Å². The summed E-state index contributed by atoms with van der Waals surface area (Å²) in [5.74, 6) is 0. The number of aryl methyl sites for hydroxylation is 2. The van der Waals surface area contributed by atoms with Crippen molar-refractivity contribution in [1.82, 2.24) is 14.8 Å². The van der Waals surface area contributed by atoms with Gasteiger partial charge in [-0.1, -0.05) is 18.1 Å². The van der Waals surface area contributed by atoms with Gasteiger partial charge in [-0.15, -0.1) is 0 Å². The molecule has 4 rings (SSSR count). The molecule has 148 valence electrons. The van der Waals surface area contributed by atoms with Gasteiger partial charge in [-0.2, -0.15) is 5.26 Å². The first-order valence-electron chi connectivity index (χ1n) is 10.5. The molecule has 1 atom stereocenters. The zero-order valence-electron chi connectivity index (χ0n) is 17.4. The number of anilines is 1. The average Bonchev–Trinajstić information content (AvgIpc) is 2.69. The van der Waals surface area contributed by atoms with Crippen molar-refractivity contribution in [2.45, 2.75) is 39.2 Å². The minimum Gasteiger partial charge on any atom is -0.367 e. The molecular formula is C23H31N5. The Balaban J connectivity index is 1.54. The Hall–Kier alpha value is -2.16. The van der Waals surface area contributed by atoms with Crippen molar-refractivity contribution in [3.8, 4) is 6.07 Å². The Morgan fingerprint density at radius 3 is 2.61 bits per heavy atom. The quantitative estimate of drug-likeness (QED) is 0.821. The monoisotopic (exact) mass is 377 g/mol. The molecule has 0 spiro atoms. The third kappa shape index (κ3) is 3.72. The largest absolute Gasteiger partial charge is 0.367 e. The van der Waals surface area contributed by atoms with Crippen LogP contribution in [0.1, 0.15) is 36.0 Å². The van der Waals surface area contributed by atoms with Crippen molar-refractivity contribution in [3.63, 3.8) is 0 Å². The summed E-state index contributed by atoms with van der Waals surface area (Å²) >= 11 is 0. The van der Waals surface area contributed by atoms with Gasteiger partial charge in [-0.3, -0.25) is 9.88 Å². The molecule has 2 aliphatic heterocycles. The molecule has 0 aliphatic carbocycles. The summed E-state index contributed by atoms with van der Waals surface area (Å²) in [6.07, 6.45) is 5.78. The molecule has 2 aromatic rings. The first-order valence-corrected chi connectivity index (χ1v) is 10.5. The highest BCUT2D eigenvalue weighted by atomic mass is 15.3. The Bertz CT molecular complexity index is 892. The van der Waals surface area contributed by atoms with Crippen LogP contribution in [0.2, 0.25) is 0 Å². The number of piperazine rings is 1. The number of hydrogen-bond donors (Lipinski definition) is 0. The third-order valence-corrected chi connectivity index (χ3v) is 6.48. The summed E-state index contributed by atoms with van der Waals surface area (Å²) in [6.45, 7) is 10.7. The lowest BCUT2D eigenvalue weighted by Gasteiger charge is -2.41. The zero-order chi connectivity index (χ0) is 19.7. The maximum atomic E-state index is 9.71. The number of likely N-dealkylation sites (tertiary alicyclic amines) is 1. The number of pyridine rings is 1. The van der Waals surface area contributed by atoms with Crippen LogP contribution in [0.25, 0.3) is 10.9 Å². The smallest absolute Gasteiger partial charge is 0.103 e. The maximum absolute atomic E-state index is 9.71. The van der Waals surface area contributed by atoms with Gasteiger partial charge in [0.15, 0.2) is 0 Å². The molecule has 0 bridgehead atoms. The van der Waals surface area contributed by atoms with Crippen molar-refractivity contribution >= 4 is 16.6 Å². The third-order valence-electron chi connectivity index (χ3n) is 6.48. The minimum atomic E-state index is 0.693. The van der Waals surface area contributed by atoms with Gasteiger partial charge in [0.2, 0.25) is 0 Å². The highest BCUT2D eigenvalue weighted by molar-refractivity contribution is 5.96. The summed E-state index contributed by atoms with van der Waals surface area (Å²) in [5.41, 5.74) is 5.19. The van der Waals surface area contributed by atoms with Gasteiger partial charge in [-0.25, -0.2) is 0 Å². The molecule has 0 radical (unpaired) electrons. The lowest BCUT2D eigenvalue weighted by atomic mass is 10.0. The van der Waals surface area contributed by atoms with Crippen molar-refractivity contribution in [2.75, 3.05) is 51.2 Å². The van der Waals surface area contributed by atoms with E-state index in [0.717, 1.165) is 42.8 Å².